The van der Waals surface area contributed by atoms with Crippen LogP contribution in [0.3, 0.4) is 0 Å². The third-order valence-corrected chi connectivity index (χ3v) is 5.14. The fourth-order valence-corrected chi connectivity index (χ4v) is 3.87. The maximum absolute atomic E-state index is 12.8. The minimum absolute atomic E-state index is 0.233. The highest BCUT2D eigenvalue weighted by Gasteiger charge is 2.26. The molecule has 0 saturated carbocycles. The van der Waals surface area contributed by atoms with Crippen molar-refractivity contribution in [1.82, 2.24) is 0 Å². The first kappa shape index (κ1) is 20.1. The lowest BCUT2D eigenvalue weighted by Crippen LogP contribution is -2.33. The van der Waals surface area contributed by atoms with E-state index in [2.05, 4.69) is 13.1 Å². The SMILES string of the molecule is C[SiH](C)C[C@H](N=C(c1ccccc1)c1ccccc1)C(=O)OC(C)(C)C. The third kappa shape index (κ3) is 6.26. The highest BCUT2D eigenvalue weighted by Crippen LogP contribution is 2.18. The minimum atomic E-state index is -1.01. The fourth-order valence-electron chi connectivity index (χ4n) is 2.68. The van der Waals surface area contributed by atoms with Crippen LogP contribution in [0.1, 0.15) is 31.9 Å². The molecule has 0 fully saturated rings. The molecule has 0 N–H and O–H groups in total. The summed E-state index contributed by atoms with van der Waals surface area (Å²) in [6.07, 6.45) is 0. The van der Waals surface area contributed by atoms with Gasteiger partial charge in [-0.05, 0) is 26.8 Å². The van der Waals surface area contributed by atoms with Gasteiger partial charge < -0.3 is 4.74 Å². The number of hydrogen-bond acceptors (Lipinski definition) is 3. The molecule has 26 heavy (non-hydrogen) atoms. The Labute approximate surface area is 158 Å². The van der Waals surface area contributed by atoms with Crippen LogP contribution in [-0.4, -0.2) is 32.1 Å². The molecule has 0 heterocycles. The maximum Gasteiger partial charge on any atom is 0.331 e. The van der Waals surface area contributed by atoms with E-state index in [1.165, 1.54) is 0 Å². The summed E-state index contributed by atoms with van der Waals surface area (Å²) in [5.74, 6) is -0.233. The van der Waals surface area contributed by atoms with Crippen LogP contribution in [0.25, 0.3) is 0 Å². The van der Waals surface area contributed by atoms with E-state index in [0.717, 1.165) is 22.9 Å². The summed E-state index contributed by atoms with van der Waals surface area (Å²) in [5, 5.41) is 0. The predicted molar refractivity (Wildman–Crippen MR) is 112 cm³/mol. The third-order valence-electron chi connectivity index (χ3n) is 3.75. The van der Waals surface area contributed by atoms with Gasteiger partial charge in [-0.3, -0.25) is 4.99 Å². The number of nitrogens with zero attached hydrogens (tertiary/aromatic N) is 1. The van der Waals surface area contributed by atoms with E-state index < -0.39 is 20.4 Å². The molecule has 0 aliphatic rings. The Balaban J connectivity index is 2.47. The summed E-state index contributed by atoms with van der Waals surface area (Å²) in [6, 6.07) is 20.4. The smallest absolute Gasteiger partial charge is 0.331 e. The average Bonchev–Trinajstić information content (AvgIpc) is 2.58. The van der Waals surface area contributed by atoms with Crippen molar-refractivity contribution in [2.75, 3.05) is 0 Å². The molecule has 1 atom stereocenters. The summed E-state index contributed by atoms with van der Waals surface area (Å²) >= 11 is 0. The highest BCUT2D eigenvalue weighted by molar-refractivity contribution is 6.56. The van der Waals surface area contributed by atoms with Crippen molar-refractivity contribution in [3.05, 3.63) is 71.8 Å². The second-order valence-corrected chi connectivity index (χ2v) is 11.1. The first-order chi connectivity index (χ1) is 12.3. The van der Waals surface area contributed by atoms with Crippen molar-refractivity contribution in [3.8, 4) is 0 Å². The average molecular weight is 368 g/mol. The Bertz CT molecular complexity index is 692. The molecule has 0 aliphatic carbocycles. The number of aliphatic imine (C=N–C) groups is 1. The van der Waals surface area contributed by atoms with Crippen LogP contribution in [0.5, 0.6) is 0 Å². The van der Waals surface area contributed by atoms with E-state index in [1.54, 1.807) is 0 Å². The fraction of sp³-hybridized carbons (Fsp3) is 0.364. The summed E-state index contributed by atoms with van der Waals surface area (Å²) in [4.78, 5) is 17.7. The van der Waals surface area contributed by atoms with Gasteiger partial charge >= 0.3 is 5.97 Å². The normalized spacial score (nSPS) is 12.5. The van der Waals surface area contributed by atoms with E-state index in [0.29, 0.717) is 0 Å². The molecule has 3 nitrogen and oxygen atoms in total. The first-order valence-corrected chi connectivity index (χ1v) is 12.3. The lowest BCUT2D eigenvalue weighted by Gasteiger charge is -2.23. The van der Waals surface area contributed by atoms with Crippen molar-refractivity contribution in [3.63, 3.8) is 0 Å². The first-order valence-electron chi connectivity index (χ1n) is 9.18. The summed E-state index contributed by atoms with van der Waals surface area (Å²) in [5.41, 5.74) is 2.36. The Kier molecular flexibility index (Phi) is 6.92. The number of esters is 1. The largest absolute Gasteiger partial charge is 0.458 e. The van der Waals surface area contributed by atoms with Gasteiger partial charge in [0.1, 0.15) is 11.6 Å². The molecule has 0 bridgehead atoms. The standard InChI is InChI=1S/C22H29NO2Si/c1-22(2,3)25-21(24)19(16-26(4)5)23-20(17-12-8-6-9-13-17)18-14-10-7-11-15-18/h6-15,19,26H,16H2,1-5H3/t19-/m0/s1. The number of rotatable bonds is 6. The summed E-state index contributed by atoms with van der Waals surface area (Å²) in [6.45, 7) is 10.2. The highest BCUT2D eigenvalue weighted by atomic mass is 28.3. The zero-order valence-electron chi connectivity index (χ0n) is 16.4. The van der Waals surface area contributed by atoms with Crippen molar-refractivity contribution in [2.24, 2.45) is 4.99 Å². The molecule has 2 aromatic rings. The van der Waals surface area contributed by atoms with E-state index in [-0.39, 0.29) is 5.97 Å². The van der Waals surface area contributed by atoms with Gasteiger partial charge in [0, 0.05) is 19.9 Å². The van der Waals surface area contributed by atoms with Crippen molar-refractivity contribution >= 4 is 20.5 Å². The number of ether oxygens (including phenoxy) is 1. The Morgan fingerprint density at radius 1 is 0.962 bits per heavy atom. The Morgan fingerprint density at radius 3 is 1.81 bits per heavy atom. The van der Waals surface area contributed by atoms with Crippen molar-refractivity contribution in [1.29, 1.82) is 0 Å². The van der Waals surface area contributed by atoms with Gasteiger partial charge in [0.2, 0.25) is 0 Å². The van der Waals surface area contributed by atoms with Crippen molar-refractivity contribution in [2.45, 2.75) is 51.6 Å². The molecule has 0 radical (unpaired) electrons. The van der Waals surface area contributed by atoms with Gasteiger partial charge in [-0.15, -0.1) is 0 Å². The molecular formula is C22H29NO2Si. The van der Waals surface area contributed by atoms with Gasteiger partial charge in [-0.1, -0.05) is 73.8 Å². The Morgan fingerprint density at radius 2 is 1.42 bits per heavy atom. The van der Waals surface area contributed by atoms with Crippen LogP contribution in [0.4, 0.5) is 0 Å². The molecule has 0 spiro atoms. The van der Waals surface area contributed by atoms with Gasteiger partial charge in [0.05, 0.1) is 5.71 Å². The number of hydrogen-bond donors (Lipinski definition) is 0. The van der Waals surface area contributed by atoms with Crippen LogP contribution in [-0.2, 0) is 9.53 Å². The molecule has 138 valence electrons. The zero-order chi connectivity index (χ0) is 19.2. The molecule has 0 amide bonds. The van der Waals surface area contributed by atoms with Gasteiger partial charge in [0.15, 0.2) is 0 Å². The number of carbonyl (C=O) groups is 1. The number of carbonyl (C=O) groups excluding carboxylic acids is 1. The topological polar surface area (TPSA) is 38.7 Å². The van der Waals surface area contributed by atoms with E-state index in [1.807, 2.05) is 81.4 Å². The molecule has 0 saturated heterocycles. The lowest BCUT2D eigenvalue weighted by molar-refractivity contribution is -0.155. The monoisotopic (exact) mass is 367 g/mol. The van der Waals surface area contributed by atoms with E-state index in [9.17, 15) is 4.79 Å². The van der Waals surface area contributed by atoms with Crippen LogP contribution < -0.4 is 0 Å². The quantitative estimate of drug-likeness (QED) is 0.421. The van der Waals surface area contributed by atoms with Gasteiger partial charge in [-0.25, -0.2) is 4.79 Å². The van der Waals surface area contributed by atoms with E-state index in [4.69, 9.17) is 9.73 Å². The van der Waals surface area contributed by atoms with Crippen molar-refractivity contribution < 1.29 is 9.53 Å². The second kappa shape index (κ2) is 8.95. The predicted octanol–water partition coefficient (Wildman–Crippen LogP) is 4.72. The van der Waals surface area contributed by atoms with E-state index >= 15 is 0 Å². The molecular weight excluding hydrogens is 338 g/mol. The molecule has 4 heteroatoms. The molecule has 0 aliphatic heterocycles. The van der Waals surface area contributed by atoms with Gasteiger partial charge in [-0.2, -0.15) is 0 Å². The molecule has 0 aromatic heterocycles. The van der Waals surface area contributed by atoms with Crippen LogP contribution in [0.15, 0.2) is 65.7 Å². The lowest BCUT2D eigenvalue weighted by atomic mass is 10.0. The molecule has 2 aromatic carbocycles. The second-order valence-electron chi connectivity index (χ2n) is 7.89. The molecule has 2 rings (SSSR count). The van der Waals surface area contributed by atoms with Gasteiger partial charge in [0.25, 0.3) is 0 Å². The summed E-state index contributed by atoms with van der Waals surface area (Å²) < 4.78 is 5.65. The molecule has 0 unspecified atom stereocenters. The zero-order valence-corrected chi connectivity index (χ0v) is 17.6. The van der Waals surface area contributed by atoms with Crippen LogP contribution >= 0.6 is 0 Å². The summed E-state index contributed by atoms with van der Waals surface area (Å²) in [7, 11) is -1.01. The minimum Gasteiger partial charge on any atom is -0.458 e. The van der Waals surface area contributed by atoms with Crippen LogP contribution in [0, 0.1) is 0 Å². The van der Waals surface area contributed by atoms with Crippen LogP contribution in [0.2, 0.25) is 19.1 Å². The Hall–Kier alpha value is -2.20. The maximum atomic E-state index is 12.8. The number of benzene rings is 2.